The monoisotopic (exact) mass is 430 g/mol. The second kappa shape index (κ2) is 11.2. The van der Waals surface area contributed by atoms with Crippen LogP contribution in [-0.2, 0) is 0 Å². The maximum absolute atomic E-state index is 12.6. The third kappa shape index (κ3) is 6.04. The van der Waals surface area contributed by atoms with E-state index in [1.54, 1.807) is 12.4 Å². The fourth-order valence-electron chi connectivity index (χ4n) is 3.96. The van der Waals surface area contributed by atoms with E-state index in [0.717, 1.165) is 56.2 Å². The van der Waals surface area contributed by atoms with Crippen LogP contribution in [0.3, 0.4) is 0 Å². The van der Waals surface area contributed by atoms with Gasteiger partial charge in [-0.2, -0.15) is 0 Å². The number of anilines is 1. The molecule has 1 saturated heterocycles. The summed E-state index contributed by atoms with van der Waals surface area (Å²) in [7, 11) is 0. The molecule has 0 spiro atoms. The molecule has 3 aromatic rings. The van der Waals surface area contributed by atoms with Crippen LogP contribution in [0.2, 0.25) is 0 Å². The van der Waals surface area contributed by atoms with Crippen molar-refractivity contribution in [2.45, 2.75) is 12.5 Å². The number of nitrogens with one attached hydrogen (secondary N) is 2. The number of hydrogen-bond acceptors (Lipinski definition) is 5. The summed E-state index contributed by atoms with van der Waals surface area (Å²) in [5.41, 5.74) is 2.13. The Morgan fingerprint density at radius 2 is 1.44 bits per heavy atom. The van der Waals surface area contributed by atoms with Gasteiger partial charge >= 0.3 is 6.03 Å². The van der Waals surface area contributed by atoms with Crippen LogP contribution in [0.5, 0.6) is 0 Å². The summed E-state index contributed by atoms with van der Waals surface area (Å²) < 4.78 is 0. The summed E-state index contributed by atoms with van der Waals surface area (Å²) >= 11 is 0. The second-order valence-electron chi connectivity index (χ2n) is 7.89. The number of carbonyl (C=O) groups excluding carboxylic acids is 1. The molecule has 0 saturated carbocycles. The Morgan fingerprint density at radius 1 is 0.844 bits per heavy atom. The maximum Gasteiger partial charge on any atom is 0.315 e. The molecule has 7 heteroatoms. The van der Waals surface area contributed by atoms with Crippen LogP contribution >= 0.6 is 0 Å². The Morgan fingerprint density at radius 3 is 2.03 bits per heavy atom. The molecule has 4 rings (SSSR count). The van der Waals surface area contributed by atoms with Crippen molar-refractivity contribution in [1.82, 2.24) is 25.5 Å². The van der Waals surface area contributed by atoms with Crippen molar-refractivity contribution in [1.29, 1.82) is 0 Å². The molecule has 32 heavy (non-hydrogen) atoms. The second-order valence-corrected chi connectivity index (χ2v) is 7.89. The summed E-state index contributed by atoms with van der Waals surface area (Å²) in [5, 5.41) is 6.15. The number of hydrogen-bond donors (Lipinski definition) is 2. The molecule has 2 N–H and O–H groups in total. The van der Waals surface area contributed by atoms with Gasteiger partial charge in [0.2, 0.25) is 5.95 Å². The van der Waals surface area contributed by atoms with E-state index in [9.17, 15) is 4.79 Å². The average molecular weight is 431 g/mol. The Hall–Kier alpha value is -3.45. The van der Waals surface area contributed by atoms with E-state index in [1.807, 2.05) is 66.7 Å². The summed E-state index contributed by atoms with van der Waals surface area (Å²) in [4.78, 5) is 25.9. The first kappa shape index (κ1) is 21.8. The molecule has 166 valence electrons. The number of piperazine rings is 1. The van der Waals surface area contributed by atoms with Crippen molar-refractivity contribution >= 4 is 12.0 Å². The molecule has 0 bridgehead atoms. The standard InChI is InChI=1S/C25H30N6O/c32-25(29-23(21-9-3-1-4-10-21)22-11-5-2-6-12-22)28-15-8-16-30-17-19-31(20-18-30)24-26-13-7-14-27-24/h1-7,9-14,23H,8,15-20H2,(H2,28,29,32). The summed E-state index contributed by atoms with van der Waals surface area (Å²) in [6, 6.07) is 21.6. The van der Waals surface area contributed by atoms with Gasteiger partial charge in [-0.25, -0.2) is 14.8 Å². The minimum atomic E-state index is -0.175. The van der Waals surface area contributed by atoms with E-state index in [0.29, 0.717) is 6.54 Å². The summed E-state index contributed by atoms with van der Waals surface area (Å²) in [6.07, 6.45) is 4.48. The molecule has 0 radical (unpaired) electrons. The molecule has 1 aromatic heterocycles. The first-order chi connectivity index (χ1) is 15.8. The summed E-state index contributed by atoms with van der Waals surface area (Å²) in [5.74, 6) is 0.803. The van der Waals surface area contributed by atoms with Crippen LogP contribution in [0, 0.1) is 0 Å². The van der Waals surface area contributed by atoms with Gasteiger partial charge in [-0.3, -0.25) is 4.90 Å². The van der Waals surface area contributed by atoms with Crippen molar-refractivity contribution in [3.8, 4) is 0 Å². The van der Waals surface area contributed by atoms with E-state index in [1.165, 1.54) is 0 Å². The third-order valence-corrected chi connectivity index (χ3v) is 5.69. The third-order valence-electron chi connectivity index (χ3n) is 5.69. The zero-order chi connectivity index (χ0) is 22.0. The van der Waals surface area contributed by atoms with Gasteiger partial charge in [0.25, 0.3) is 0 Å². The molecule has 2 aromatic carbocycles. The van der Waals surface area contributed by atoms with Gasteiger partial charge in [-0.1, -0.05) is 60.7 Å². The van der Waals surface area contributed by atoms with Crippen LogP contribution < -0.4 is 15.5 Å². The van der Waals surface area contributed by atoms with Crippen molar-refractivity contribution < 1.29 is 4.79 Å². The van der Waals surface area contributed by atoms with Gasteiger partial charge < -0.3 is 15.5 Å². The van der Waals surface area contributed by atoms with E-state index < -0.39 is 0 Å². The molecule has 1 fully saturated rings. The van der Waals surface area contributed by atoms with E-state index in [4.69, 9.17) is 0 Å². The normalized spacial score (nSPS) is 14.3. The number of carbonyl (C=O) groups is 1. The van der Waals surface area contributed by atoms with Crippen molar-refractivity contribution in [2.24, 2.45) is 0 Å². The SMILES string of the molecule is O=C(NCCCN1CCN(c2ncccn2)CC1)NC(c1ccccc1)c1ccccc1. The van der Waals surface area contributed by atoms with E-state index in [-0.39, 0.29) is 12.1 Å². The molecule has 2 heterocycles. The van der Waals surface area contributed by atoms with Gasteiger partial charge in [0, 0.05) is 45.1 Å². The number of nitrogens with zero attached hydrogens (tertiary/aromatic N) is 4. The highest BCUT2D eigenvalue weighted by atomic mass is 16.2. The number of rotatable bonds is 8. The molecular formula is C25H30N6O. The number of aromatic nitrogens is 2. The van der Waals surface area contributed by atoms with Crippen LogP contribution in [0.15, 0.2) is 79.1 Å². The number of urea groups is 1. The maximum atomic E-state index is 12.6. The highest BCUT2D eigenvalue weighted by Crippen LogP contribution is 2.21. The molecule has 0 aliphatic carbocycles. The van der Waals surface area contributed by atoms with Crippen LogP contribution in [0.25, 0.3) is 0 Å². The van der Waals surface area contributed by atoms with E-state index in [2.05, 4.69) is 30.4 Å². The first-order valence-corrected chi connectivity index (χ1v) is 11.2. The van der Waals surface area contributed by atoms with E-state index >= 15 is 0 Å². The molecular weight excluding hydrogens is 400 g/mol. The molecule has 0 atom stereocenters. The smallest absolute Gasteiger partial charge is 0.315 e. The molecule has 1 aliphatic rings. The molecule has 2 amide bonds. The fourth-order valence-corrected chi connectivity index (χ4v) is 3.96. The molecule has 1 aliphatic heterocycles. The minimum absolute atomic E-state index is 0.145. The Labute approximate surface area is 189 Å². The zero-order valence-electron chi connectivity index (χ0n) is 18.2. The van der Waals surface area contributed by atoms with Crippen LogP contribution in [-0.4, -0.2) is 60.2 Å². The van der Waals surface area contributed by atoms with Crippen molar-refractivity contribution in [2.75, 3.05) is 44.2 Å². The number of benzene rings is 2. The van der Waals surface area contributed by atoms with Crippen LogP contribution in [0.1, 0.15) is 23.6 Å². The minimum Gasteiger partial charge on any atom is -0.338 e. The van der Waals surface area contributed by atoms with Gasteiger partial charge in [-0.05, 0) is 30.2 Å². The van der Waals surface area contributed by atoms with Gasteiger partial charge in [0.1, 0.15) is 0 Å². The lowest BCUT2D eigenvalue weighted by atomic mass is 9.99. The highest BCUT2D eigenvalue weighted by molar-refractivity contribution is 5.75. The Kier molecular flexibility index (Phi) is 7.65. The van der Waals surface area contributed by atoms with Crippen molar-refractivity contribution in [3.63, 3.8) is 0 Å². The van der Waals surface area contributed by atoms with Crippen molar-refractivity contribution in [3.05, 3.63) is 90.3 Å². The quantitative estimate of drug-likeness (QED) is 0.538. The van der Waals surface area contributed by atoms with Crippen LogP contribution in [0.4, 0.5) is 10.7 Å². The zero-order valence-corrected chi connectivity index (χ0v) is 18.2. The molecule has 7 nitrogen and oxygen atoms in total. The molecule has 0 unspecified atom stereocenters. The first-order valence-electron chi connectivity index (χ1n) is 11.2. The highest BCUT2D eigenvalue weighted by Gasteiger charge is 2.19. The predicted octanol–water partition coefficient (Wildman–Crippen LogP) is 3.08. The Bertz CT molecular complexity index is 906. The van der Waals surface area contributed by atoms with Gasteiger partial charge in [0.05, 0.1) is 6.04 Å². The largest absolute Gasteiger partial charge is 0.338 e. The van der Waals surface area contributed by atoms with Gasteiger partial charge in [0.15, 0.2) is 0 Å². The number of amides is 2. The topological polar surface area (TPSA) is 73.4 Å². The fraction of sp³-hybridized carbons (Fsp3) is 0.320. The average Bonchev–Trinajstić information content (AvgIpc) is 2.87. The Balaban J connectivity index is 1.20. The predicted molar refractivity (Wildman–Crippen MR) is 127 cm³/mol. The summed E-state index contributed by atoms with van der Waals surface area (Å²) in [6.45, 7) is 5.42. The lowest BCUT2D eigenvalue weighted by molar-refractivity contribution is 0.234. The lowest BCUT2D eigenvalue weighted by Crippen LogP contribution is -2.47. The van der Waals surface area contributed by atoms with Gasteiger partial charge in [-0.15, -0.1) is 0 Å². The lowest BCUT2D eigenvalue weighted by Gasteiger charge is -2.34.